The molecule has 0 spiro atoms. The number of aryl methyl sites for hydroxylation is 1. The van der Waals surface area contributed by atoms with Crippen molar-refractivity contribution in [2.24, 2.45) is 12.9 Å². The number of hydrogen-bond acceptors (Lipinski definition) is 4. The molecule has 0 aliphatic carbocycles. The van der Waals surface area contributed by atoms with Gasteiger partial charge in [0.05, 0.1) is 23.0 Å². The lowest BCUT2D eigenvalue weighted by molar-refractivity contribution is 0.531. The molecular formula is C10H11ClFN5. The van der Waals surface area contributed by atoms with Crippen molar-refractivity contribution in [3.8, 4) is 0 Å². The summed E-state index contributed by atoms with van der Waals surface area (Å²) in [5.41, 5.74) is 3.53. The number of halogens is 2. The summed E-state index contributed by atoms with van der Waals surface area (Å²) in [7, 11) is 1.70. The normalized spacial score (nSPS) is 12.7. The Labute approximate surface area is 102 Å². The number of aromatic nitrogens is 3. The summed E-state index contributed by atoms with van der Waals surface area (Å²) in [5, 5.41) is 7.56. The van der Waals surface area contributed by atoms with Crippen molar-refractivity contribution in [2.45, 2.75) is 6.04 Å². The topological polar surface area (TPSA) is 68.8 Å². The van der Waals surface area contributed by atoms with Gasteiger partial charge in [-0.2, -0.15) is 0 Å². The van der Waals surface area contributed by atoms with Crippen molar-refractivity contribution >= 4 is 11.6 Å². The van der Waals surface area contributed by atoms with Crippen molar-refractivity contribution in [3.05, 3.63) is 46.5 Å². The molecule has 0 saturated heterocycles. The smallest absolute Gasteiger partial charge is 0.147 e. The summed E-state index contributed by atoms with van der Waals surface area (Å²) in [6, 6.07) is 4.21. The Morgan fingerprint density at radius 3 is 2.88 bits per heavy atom. The predicted molar refractivity (Wildman–Crippen MR) is 61.6 cm³/mol. The van der Waals surface area contributed by atoms with E-state index in [0.29, 0.717) is 11.3 Å². The quantitative estimate of drug-likeness (QED) is 0.638. The second-order valence-electron chi connectivity index (χ2n) is 3.53. The average molecular weight is 256 g/mol. The van der Waals surface area contributed by atoms with Crippen LogP contribution in [-0.2, 0) is 7.05 Å². The highest BCUT2D eigenvalue weighted by atomic mass is 35.5. The van der Waals surface area contributed by atoms with Gasteiger partial charge in [-0.3, -0.25) is 10.5 Å². The van der Waals surface area contributed by atoms with E-state index in [4.69, 9.17) is 17.4 Å². The minimum Gasteiger partial charge on any atom is -0.271 e. The Balaban J connectivity index is 2.50. The van der Waals surface area contributed by atoms with Crippen molar-refractivity contribution in [2.75, 3.05) is 0 Å². The van der Waals surface area contributed by atoms with Crippen LogP contribution in [-0.4, -0.2) is 15.0 Å². The largest absolute Gasteiger partial charge is 0.271 e. The first kappa shape index (κ1) is 12.0. The maximum atomic E-state index is 13.9. The van der Waals surface area contributed by atoms with Crippen LogP contribution in [0.5, 0.6) is 0 Å². The van der Waals surface area contributed by atoms with E-state index < -0.39 is 11.9 Å². The van der Waals surface area contributed by atoms with Gasteiger partial charge in [0, 0.05) is 12.6 Å². The number of nitrogens with one attached hydrogen (secondary N) is 1. The summed E-state index contributed by atoms with van der Waals surface area (Å²) in [6.45, 7) is 0. The van der Waals surface area contributed by atoms with Crippen LogP contribution in [0.4, 0.5) is 4.39 Å². The number of nitrogens with two attached hydrogens (primary N) is 1. The van der Waals surface area contributed by atoms with E-state index >= 15 is 0 Å². The maximum Gasteiger partial charge on any atom is 0.147 e. The lowest BCUT2D eigenvalue weighted by Crippen LogP contribution is -2.31. The molecule has 0 fully saturated rings. The standard InChI is InChI=1S/C10H11ClFN5/c1-17-8(5-14-16-17)10(15-13)6-3-2-4-7(11)9(6)12/h2-5,10,15H,13H2,1H3. The molecule has 0 aliphatic rings. The van der Waals surface area contributed by atoms with E-state index in [1.165, 1.54) is 16.9 Å². The minimum atomic E-state index is -0.548. The summed E-state index contributed by atoms with van der Waals surface area (Å²) in [6.07, 6.45) is 1.52. The zero-order valence-electron chi connectivity index (χ0n) is 9.06. The van der Waals surface area contributed by atoms with Crippen LogP contribution in [0.15, 0.2) is 24.4 Å². The molecule has 7 heteroatoms. The molecule has 90 valence electrons. The molecule has 2 rings (SSSR count). The molecular weight excluding hydrogens is 245 g/mol. The van der Waals surface area contributed by atoms with Crippen LogP contribution in [0.25, 0.3) is 0 Å². The molecule has 0 saturated carbocycles. The van der Waals surface area contributed by atoms with Gasteiger partial charge in [-0.05, 0) is 6.07 Å². The highest BCUT2D eigenvalue weighted by Gasteiger charge is 2.21. The van der Waals surface area contributed by atoms with Gasteiger partial charge in [0.15, 0.2) is 0 Å². The van der Waals surface area contributed by atoms with E-state index in [2.05, 4.69) is 15.7 Å². The molecule has 0 amide bonds. The van der Waals surface area contributed by atoms with Crippen molar-refractivity contribution in [3.63, 3.8) is 0 Å². The van der Waals surface area contributed by atoms with Crippen molar-refractivity contribution < 1.29 is 4.39 Å². The lowest BCUT2D eigenvalue weighted by atomic mass is 10.0. The van der Waals surface area contributed by atoms with Crippen LogP contribution in [0, 0.1) is 5.82 Å². The first-order chi connectivity index (χ1) is 8.15. The highest BCUT2D eigenvalue weighted by molar-refractivity contribution is 6.30. The average Bonchev–Trinajstić information content (AvgIpc) is 2.72. The molecule has 0 radical (unpaired) electrons. The van der Waals surface area contributed by atoms with E-state index in [0.717, 1.165) is 0 Å². The molecule has 1 aromatic carbocycles. The fourth-order valence-corrected chi connectivity index (χ4v) is 1.82. The van der Waals surface area contributed by atoms with Crippen LogP contribution < -0.4 is 11.3 Å². The van der Waals surface area contributed by atoms with E-state index in [1.54, 1.807) is 19.2 Å². The molecule has 1 aromatic heterocycles. The minimum absolute atomic E-state index is 0.0536. The van der Waals surface area contributed by atoms with Gasteiger partial charge in [0.25, 0.3) is 0 Å². The molecule has 1 unspecified atom stereocenters. The van der Waals surface area contributed by atoms with Crippen LogP contribution >= 0.6 is 11.6 Å². The zero-order chi connectivity index (χ0) is 12.4. The van der Waals surface area contributed by atoms with Crippen LogP contribution in [0.1, 0.15) is 17.3 Å². The molecule has 1 heterocycles. The monoisotopic (exact) mass is 255 g/mol. The summed E-state index contributed by atoms with van der Waals surface area (Å²) >= 11 is 5.73. The number of hydrogen-bond donors (Lipinski definition) is 2. The van der Waals surface area contributed by atoms with Crippen molar-refractivity contribution in [1.82, 2.24) is 20.4 Å². The second kappa shape index (κ2) is 4.79. The third-order valence-electron chi connectivity index (χ3n) is 2.50. The third-order valence-corrected chi connectivity index (χ3v) is 2.80. The second-order valence-corrected chi connectivity index (χ2v) is 3.93. The molecule has 0 bridgehead atoms. The molecule has 1 atom stereocenters. The van der Waals surface area contributed by atoms with Gasteiger partial charge in [0.2, 0.25) is 0 Å². The number of rotatable bonds is 3. The fourth-order valence-electron chi connectivity index (χ4n) is 1.64. The van der Waals surface area contributed by atoms with Gasteiger partial charge in [-0.25, -0.2) is 9.82 Å². The fraction of sp³-hybridized carbons (Fsp3) is 0.200. The number of benzene rings is 1. The Kier molecular flexibility index (Phi) is 3.37. The van der Waals surface area contributed by atoms with Crippen LogP contribution in [0.2, 0.25) is 5.02 Å². The van der Waals surface area contributed by atoms with Gasteiger partial charge in [-0.15, -0.1) is 5.10 Å². The van der Waals surface area contributed by atoms with Gasteiger partial charge >= 0.3 is 0 Å². The van der Waals surface area contributed by atoms with Gasteiger partial charge in [-0.1, -0.05) is 28.9 Å². The molecule has 3 N–H and O–H groups in total. The maximum absolute atomic E-state index is 13.9. The highest BCUT2D eigenvalue weighted by Crippen LogP contribution is 2.26. The SMILES string of the molecule is Cn1nncc1C(NN)c1cccc(Cl)c1F. The Morgan fingerprint density at radius 2 is 2.29 bits per heavy atom. The van der Waals surface area contributed by atoms with E-state index in [1.807, 2.05) is 0 Å². The van der Waals surface area contributed by atoms with E-state index in [9.17, 15) is 4.39 Å². The summed E-state index contributed by atoms with van der Waals surface area (Å²) < 4.78 is 15.4. The summed E-state index contributed by atoms with van der Waals surface area (Å²) in [4.78, 5) is 0. The van der Waals surface area contributed by atoms with E-state index in [-0.39, 0.29) is 5.02 Å². The number of nitrogens with zero attached hydrogens (tertiary/aromatic N) is 3. The van der Waals surface area contributed by atoms with Gasteiger partial charge < -0.3 is 0 Å². The Hall–Kier alpha value is -1.50. The number of hydrazine groups is 1. The van der Waals surface area contributed by atoms with Gasteiger partial charge in [0.1, 0.15) is 5.82 Å². The van der Waals surface area contributed by atoms with Crippen molar-refractivity contribution in [1.29, 1.82) is 0 Å². The molecule has 2 aromatic rings. The molecule has 17 heavy (non-hydrogen) atoms. The first-order valence-electron chi connectivity index (χ1n) is 4.89. The summed E-state index contributed by atoms with van der Waals surface area (Å²) in [5.74, 6) is 4.95. The predicted octanol–water partition coefficient (Wildman–Crippen LogP) is 1.16. The molecule has 5 nitrogen and oxygen atoms in total. The molecule has 0 aliphatic heterocycles. The Bertz CT molecular complexity index is 527. The van der Waals surface area contributed by atoms with Crippen LogP contribution in [0.3, 0.4) is 0 Å². The lowest BCUT2D eigenvalue weighted by Gasteiger charge is -2.17. The zero-order valence-corrected chi connectivity index (χ0v) is 9.82. The Morgan fingerprint density at radius 1 is 1.53 bits per heavy atom. The first-order valence-corrected chi connectivity index (χ1v) is 5.27. The third kappa shape index (κ3) is 2.14.